The lowest BCUT2D eigenvalue weighted by molar-refractivity contribution is 0.187. The molecule has 2 unspecified atom stereocenters. The van der Waals surface area contributed by atoms with Crippen LogP contribution in [0.3, 0.4) is 0 Å². The van der Waals surface area contributed by atoms with Crippen LogP contribution in [0.25, 0.3) is 0 Å². The SMILES string of the molecule is CCC(CO)C(NC)c1cc(C)c(C)cc1OC. The summed E-state index contributed by atoms with van der Waals surface area (Å²) < 4.78 is 5.48. The topological polar surface area (TPSA) is 41.5 Å². The number of hydrogen-bond acceptors (Lipinski definition) is 3. The van der Waals surface area contributed by atoms with E-state index in [1.165, 1.54) is 11.1 Å². The van der Waals surface area contributed by atoms with Gasteiger partial charge in [-0.25, -0.2) is 0 Å². The molecule has 2 N–H and O–H groups in total. The molecule has 0 aliphatic heterocycles. The van der Waals surface area contributed by atoms with E-state index in [0.29, 0.717) is 0 Å². The molecular weight excluding hydrogens is 226 g/mol. The largest absolute Gasteiger partial charge is 0.496 e. The van der Waals surface area contributed by atoms with Crippen LogP contribution in [0.4, 0.5) is 0 Å². The normalized spacial score (nSPS) is 14.3. The smallest absolute Gasteiger partial charge is 0.123 e. The number of aliphatic hydroxyl groups is 1. The van der Waals surface area contributed by atoms with Gasteiger partial charge in [0, 0.05) is 24.1 Å². The Balaban J connectivity index is 3.23. The third kappa shape index (κ3) is 3.03. The van der Waals surface area contributed by atoms with Gasteiger partial charge in [0.15, 0.2) is 0 Å². The molecule has 0 spiro atoms. The number of aryl methyl sites for hydroxylation is 2. The van der Waals surface area contributed by atoms with Crippen molar-refractivity contribution in [2.45, 2.75) is 33.2 Å². The summed E-state index contributed by atoms with van der Waals surface area (Å²) in [6.07, 6.45) is 0.929. The number of nitrogens with one attached hydrogen (secondary N) is 1. The van der Waals surface area contributed by atoms with Crippen molar-refractivity contribution in [2.75, 3.05) is 20.8 Å². The van der Waals surface area contributed by atoms with Gasteiger partial charge in [0.25, 0.3) is 0 Å². The Hall–Kier alpha value is -1.06. The molecule has 0 heterocycles. The molecule has 18 heavy (non-hydrogen) atoms. The number of rotatable bonds is 6. The van der Waals surface area contributed by atoms with Gasteiger partial charge in [-0.2, -0.15) is 0 Å². The molecule has 0 saturated heterocycles. The van der Waals surface area contributed by atoms with Crippen molar-refractivity contribution in [2.24, 2.45) is 5.92 Å². The molecule has 0 bridgehead atoms. The molecule has 3 nitrogen and oxygen atoms in total. The summed E-state index contributed by atoms with van der Waals surface area (Å²) in [6, 6.07) is 4.35. The fourth-order valence-electron chi connectivity index (χ4n) is 2.35. The third-order valence-electron chi connectivity index (χ3n) is 3.72. The van der Waals surface area contributed by atoms with Gasteiger partial charge >= 0.3 is 0 Å². The summed E-state index contributed by atoms with van der Waals surface area (Å²) in [6.45, 7) is 6.46. The average Bonchev–Trinajstić information content (AvgIpc) is 2.38. The fourth-order valence-corrected chi connectivity index (χ4v) is 2.35. The molecule has 0 radical (unpaired) electrons. The number of hydrogen-bond donors (Lipinski definition) is 2. The Morgan fingerprint density at radius 1 is 1.28 bits per heavy atom. The predicted octanol–water partition coefficient (Wildman–Crippen LogP) is 2.59. The molecule has 0 saturated carbocycles. The number of ether oxygens (including phenoxy) is 1. The Kier molecular flexibility index (Phi) is 5.63. The second-order valence-corrected chi connectivity index (χ2v) is 4.80. The van der Waals surface area contributed by atoms with Gasteiger partial charge in [0.1, 0.15) is 5.75 Å². The van der Waals surface area contributed by atoms with Crippen molar-refractivity contribution in [3.05, 3.63) is 28.8 Å². The van der Waals surface area contributed by atoms with Crippen molar-refractivity contribution in [3.63, 3.8) is 0 Å². The van der Waals surface area contributed by atoms with Crippen LogP contribution in [0.2, 0.25) is 0 Å². The molecule has 0 aliphatic rings. The summed E-state index contributed by atoms with van der Waals surface area (Å²) in [4.78, 5) is 0. The van der Waals surface area contributed by atoms with E-state index in [0.717, 1.165) is 17.7 Å². The number of methoxy groups -OCH3 is 1. The van der Waals surface area contributed by atoms with Gasteiger partial charge < -0.3 is 15.2 Å². The molecule has 1 rings (SSSR count). The first kappa shape index (κ1) is 15.0. The first-order chi connectivity index (χ1) is 8.58. The van der Waals surface area contributed by atoms with Gasteiger partial charge in [-0.1, -0.05) is 13.0 Å². The van der Waals surface area contributed by atoms with Crippen molar-refractivity contribution in [3.8, 4) is 5.75 Å². The molecule has 2 atom stereocenters. The summed E-state index contributed by atoms with van der Waals surface area (Å²) >= 11 is 0. The van der Waals surface area contributed by atoms with E-state index in [9.17, 15) is 5.11 Å². The first-order valence-electron chi connectivity index (χ1n) is 6.52. The van der Waals surface area contributed by atoms with E-state index in [2.05, 4.69) is 38.2 Å². The maximum Gasteiger partial charge on any atom is 0.123 e. The molecule has 1 aromatic rings. The van der Waals surface area contributed by atoms with Crippen LogP contribution in [-0.4, -0.2) is 25.9 Å². The lowest BCUT2D eigenvalue weighted by Gasteiger charge is -2.27. The summed E-state index contributed by atoms with van der Waals surface area (Å²) in [7, 11) is 3.62. The molecule has 0 aliphatic carbocycles. The maximum absolute atomic E-state index is 9.50. The highest BCUT2D eigenvalue weighted by molar-refractivity contribution is 5.43. The zero-order valence-corrected chi connectivity index (χ0v) is 12.1. The minimum absolute atomic E-state index is 0.120. The van der Waals surface area contributed by atoms with Crippen LogP contribution >= 0.6 is 0 Å². The van der Waals surface area contributed by atoms with Gasteiger partial charge in [-0.05, 0) is 44.5 Å². The molecule has 102 valence electrons. The standard InChI is InChI=1S/C15H25NO2/c1-6-12(9-17)15(16-4)13-7-10(2)11(3)8-14(13)18-5/h7-8,12,15-17H,6,9H2,1-5H3. The molecule has 3 heteroatoms. The number of benzene rings is 1. The zero-order valence-electron chi connectivity index (χ0n) is 12.1. The molecule has 0 amide bonds. The molecule has 1 aromatic carbocycles. The van der Waals surface area contributed by atoms with Crippen LogP contribution < -0.4 is 10.1 Å². The fraction of sp³-hybridized carbons (Fsp3) is 0.600. The van der Waals surface area contributed by atoms with Gasteiger partial charge in [0.05, 0.1) is 7.11 Å². The highest BCUT2D eigenvalue weighted by Crippen LogP contribution is 2.33. The van der Waals surface area contributed by atoms with E-state index in [4.69, 9.17) is 4.74 Å². The van der Waals surface area contributed by atoms with E-state index in [-0.39, 0.29) is 18.6 Å². The summed E-state index contributed by atoms with van der Waals surface area (Å²) in [5.74, 6) is 1.09. The zero-order chi connectivity index (χ0) is 13.7. The van der Waals surface area contributed by atoms with Crippen molar-refractivity contribution in [1.29, 1.82) is 0 Å². The Bertz CT molecular complexity index is 386. The summed E-state index contributed by atoms with van der Waals surface area (Å²) in [5, 5.41) is 12.8. The van der Waals surface area contributed by atoms with Crippen molar-refractivity contribution < 1.29 is 9.84 Å². The second kappa shape index (κ2) is 6.76. The highest BCUT2D eigenvalue weighted by atomic mass is 16.5. The van der Waals surface area contributed by atoms with E-state index < -0.39 is 0 Å². The maximum atomic E-state index is 9.50. The van der Waals surface area contributed by atoms with Crippen molar-refractivity contribution >= 4 is 0 Å². The lowest BCUT2D eigenvalue weighted by atomic mass is 9.89. The van der Waals surface area contributed by atoms with Crippen LogP contribution in [0.15, 0.2) is 12.1 Å². The minimum Gasteiger partial charge on any atom is -0.496 e. The predicted molar refractivity (Wildman–Crippen MR) is 75.1 cm³/mol. The highest BCUT2D eigenvalue weighted by Gasteiger charge is 2.23. The third-order valence-corrected chi connectivity index (χ3v) is 3.72. The van der Waals surface area contributed by atoms with E-state index in [1.807, 2.05) is 7.05 Å². The van der Waals surface area contributed by atoms with Gasteiger partial charge in [-0.15, -0.1) is 0 Å². The first-order valence-corrected chi connectivity index (χ1v) is 6.52. The van der Waals surface area contributed by atoms with Crippen LogP contribution in [0.1, 0.15) is 36.1 Å². The van der Waals surface area contributed by atoms with Crippen molar-refractivity contribution in [1.82, 2.24) is 5.32 Å². The minimum atomic E-state index is 0.120. The second-order valence-electron chi connectivity index (χ2n) is 4.80. The van der Waals surface area contributed by atoms with Crippen LogP contribution in [0, 0.1) is 19.8 Å². The Morgan fingerprint density at radius 2 is 1.89 bits per heavy atom. The molecule has 0 fully saturated rings. The van der Waals surface area contributed by atoms with E-state index >= 15 is 0 Å². The summed E-state index contributed by atoms with van der Waals surface area (Å²) in [5.41, 5.74) is 3.60. The van der Waals surface area contributed by atoms with Crippen LogP contribution in [0.5, 0.6) is 5.75 Å². The number of aliphatic hydroxyl groups excluding tert-OH is 1. The monoisotopic (exact) mass is 251 g/mol. The van der Waals surface area contributed by atoms with E-state index in [1.54, 1.807) is 7.11 Å². The lowest BCUT2D eigenvalue weighted by Crippen LogP contribution is -2.27. The van der Waals surface area contributed by atoms with Gasteiger partial charge in [0.2, 0.25) is 0 Å². The Labute approximate surface area is 110 Å². The quantitative estimate of drug-likeness (QED) is 0.816. The molecule has 0 aromatic heterocycles. The van der Waals surface area contributed by atoms with Gasteiger partial charge in [-0.3, -0.25) is 0 Å². The van der Waals surface area contributed by atoms with Crippen LogP contribution in [-0.2, 0) is 0 Å². The Morgan fingerprint density at radius 3 is 2.33 bits per heavy atom. The average molecular weight is 251 g/mol. The molecular formula is C15H25NO2.